The first-order chi connectivity index (χ1) is 12.5. The van der Waals surface area contributed by atoms with Gasteiger partial charge in [-0.25, -0.2) is 4.98 Å². The third-order valence-corrected chi connectivity index (χ3v) is 5.90. The van der Waals surface area contributed by atoms with Crippen molar-refractivity contribution in [1.82, 2.24) is 4.98 Å². The molecule has 0 aliphatic carbocycles. The first-order valence-electron chi connectivity index (χ1n) is 8.66. The zero-order chi connectivity index (χ0) is 18.1. The molecule has 2 heterocycles. The molecule has 4 heteroatoms. The molecule has 0 unspecified atom stereocenters. The smallest absolute Gasteiger partial charge is 0.290 e. The molecule has 0 bridgehead atoms. The van der Waals surface area contributed by atoms with Crippen LogP contribution >= 0.6 is 15.9 Å². The molecule has 0 saturated heterocycles. The fraction of sp³-hybridized carbons (Fsp3) is 0.182. The van der Waals surface area contributed by atoms with E-state index in [0.29, 0.717) is 5.89 Å². The quantitative estimate of drug-likeness (QED) is 0.374. The van der Waals surface area contributed by atoms with Crippen molar-refractivity contribution in [2.45, 2.75) is 19.3 Å². The first kappa shape index (κ1) is 15.8. The zero-order valence-electron chi connectivity index (χ0n) is 14.9. The summed E-state index contributed by atoms with van der Waals surface area (Å²) in [5, 5.41) is 2.30. The summed E-state index contributed by atoms with van der Waals surface area (Å²) in [7, 11) is 2.09. The second-order valence-corrected chi connectivity index (χ2v) is 8.26. The Kier molecular flexibility index (Phi) is 3.20. The lowest BCUT2D eigenvalue weighted by Crippen LogP contribution is -2.29. The Labute approximate surface area is 160 Å². The van der Waals surface area contributed by atoms with Gasteiger partial charge in [-0.2, -0.15) is 4.58 Å². The van der Waals surface area contributed by atoms with Crippen molar-refractivity contribution in [3.63, 3.8) is 0 Å². The van der Waals surface area contributed by atoms with Crippen LogP contribution < -0.4 is 0 Å². The van der Waals surface area contributed by atoms with Gasteiger partial charge in [0.2, 0.25) is 5.69 Å². The number of oxazole rings is 1. The maximum absolute atomic E-state index is 6.23. The van der Waals surface area contributed by atoms with Crippen molar-refractivity contribution in [1.29, 1.82) is 0 Å². The molecule has 5 rings (SSSR count). The minimum Gasteiger partial charge on any atom is -0.432 e. The molecule has 1 aliphatic heterocycles. The third kappa shape index (κ3) is 2.05. The summed E-state index contributed by atoms with van der Waals surface area (Å²) in [6.45, 7) is 4.45. The van der Waals surface area contributed by atoms with E-state index in [-0.39, 0.29) is 5.41 Å². The summed E-state index contributed by atoms with van der Waals surface area (Å²) in [4.78, 5) is 4.92. The van der Waals surface area contributed by atoms with Crippen LogP contribution in [0.1, 0.15) is 25.3 Å². The van der Waals surface area contributed by atoms with Crippen LogP contribution in [-0.4, -0.2) is 22.3 Å². The molecule has 0 radical (unpaired) electrons. The summed E-state index contributed by atoms with van der Waals surface area (Å²) in [6, 6.07) is 18.8. The highest BCUT2D eigenvalue weighted by atomic mass is 79.9. The third-order valence-electron chi connectivity index (χ3n) is 5.41. The summed E-state index contributed by atoms with van der Waals surface area (Å²) in [6.07, 6.45) is 0. The van der Waals surface area contributed by atoms with Crippen LogP contribution in [-0.2, 0) is 5.41 Å². The molecule has 0 N–H and O–H groups in total. The molecule has 4 aromatic rings. The molecule has 0 amide bonds. The number of nitrogens with zero attached hydrogens (tertiary/aromatic N) is 2. The summed E-state index contributed by atoms with van der Waals surface area (Å²) >= 11 is 3.60. The molecule has 3 nitrogen and oxygen atoms in total. The number of benzene rings is 3. The lowest BCUT2D eigenvalue weighted by atomic mass is 9.81. The van der Waals surface area contributed by atoms with Crippen LogP contribution in [0.2, 0.25) is 0 Å². The van der Waals surface area contributed by atoms with Crippen LogP contribution in [0.15, 0.2) is 63.5 Å². The van der Waals surface area contributed by atoms with Gasteiger partial charge in [-0.05, 0) is 37.4 Å². The Morgan fingerprint density at radius 3 is 2.69 bits per heavy atom. The molecule has 1 aliphatic rings. The van der Waals surface area contributed by atoms with E-state index in [1.54, 1.807) is 0 Å². The highest BCUT2D eigenvalue weighted by molar-refractivity contribution is 9.10. The van der Waals surface area contributed by atoms with Gasteiger partial charge in [0.25, 0.3) is 11.6 Å². The van der Waals surface area contributed by atoms with Gasteiger partial charge < -0.3 is 4.42 Å². The minimum absolute atomic E-state index is 0.190. The highest BCUT2D eigenvalue weighted by Crippen LogP contribution is 2.42. The van der Waals surface area contributed by atoms with E-state index in [9.17, 15) is 0 Å². The van der Waals surface area contributed by atoms with Crippen LogP contribution in [0.4, 0.5) is 5.69 Å². The zero-order valence-corrected chi connectivity index (χ0v) is 16.5. The number of hydrogen-bond acceptors (Lipinski definition) is 2. The van der Waals surface area contributed by atoms with Gasteiger partial charge in [0.05, 0.1) is 5.41 Å². The minimum atomic E-state index is -0.190. The first-order valence-corrected chi connectivity index (χ1v) is 9.46. The van der Waals surface area contributed by atoms with Gasteiger partial charge in [0.15, 0.2) is 5.58 Å². The maximum Gasteiger partial charge on any atom is 0.290 e. The fourth-order valence-corrected chi connectivity index (χ4v) is 4.50. The van der Waals surface area contributed by atoms with Crippen LogP contribution in [0.3, 0.4) is 0 Å². The van der Waals surface area contributed by atoms with Crippen molar-refractivity contribution >= 4 is 49.2 Å². The van der Waals surface area contributed by atoms with E-state index in [1.165, 1.54) is 16.6 Å². The number of rotatable bonds is 1. The Bertz CT molecular complexity index is 1230. The average Bonchev–Trinajstić information content (AvgIpc) is 3.12. The van der Waals surface area contributed by atoms with Gasteiger partial charge in [0.1, 0.15) is 12.6 Å². The van der Waals surface area contributed by atoms with Crippen molar-refractivity contribution < 1.29 is 8.99 Å². The monoisotopic (exact) mass is 405 g/mol. The van der Waals surface area contributed by atoms with Gasteiger partial charge >= 0.3 is 0 Å². The summed E-state index contributed by atoms with van der Waals surface area (Å²) in [5.41, 5.74) is 5.12. The Balaban J connectivity index is 1.78. The van der Waals surface area contributed by atoms with Gasteiger partial charge in [-0.15, -0.1) is 0 Å². The molecule has 1 aromatic heterocycles. The predicted molar refractivity (Wildman–Crippen MR) is 109 cm³/mol. The van der Waals surface area contributed by atoms with Gasteiger partial charge in [0, 0.05) is 21.5 Å². The standard InChI is InChI=1S/C22H18BrN2O/c1-22(2)16-12-14(23)9-10-17(16)25(3)20(22)21-24-19-15-7-5-4-6-13(15)8-11-18(19)26-21/h4-12H,1-3H3/q+1. The summed E-state index contributed by atoms with van der Waals surface area (Å²) < 4.78 is 9.51. The molecule has 0 fully saturated rings. The lowest BCUT2D eigenvalue weighted by molar-refractivity contribution is -0.402. The average molecular weight is 406 g/mol. The van der Waals surface area contributed by atoms with Crippen molar-refractivity contribution in [2.75, 3.05) is 7.05 Å². The molecule has 3 aromatic carbocycles. The normalized spacial score (nSPS) is 15.8. The molecule has 0 atom stereocenters. The largest absolute Gasteiger partial charge is 0.432 e. The lowest BCUT2D eigenvalue weighted by Gasteiger charge is -2.15. The Hall–Kier alpha value is -2.46. The van der Waals surface area contributed by atoms with Crippen LogP contribution in [0, 0.1) is 0 Å². The highest BCUT2D eigenvalue weighted by Gasteiger charge is 2.47. The fourth-order valence-electron chi connectivity index (χ4n) is 4.14. The molecular formula is C22H18BrN2O+. The molecule has 128 valence electrons. The van der Waals surface area contributed by atoms with E-state index in [4.69, 9.17) is 9.40 Å². The van der Waals surface area contributed by atoms with Gasteiger partial charge in [-0.1, -0.05) is 46.3 Å². The number of aromatic nitrogens is 1. The second-order valence-electron chi connectivity index (χ2n) is 7.35. The van der Waals surface area contributed by atoms with E-state index >= 15 is 0 Å². The maximum atomic E-state index is 6.23. The van der Waals surface area contributed by atoms with E-state index in [1.807, 2.05) is 18.2 Å². The van der Waals surface area contributed by atoms with E-state index < -0.39 is 0 Å². The molecule has 0 spiro atoms. The van der Waals surface area contributed by atoms with Crippen LogP contribution in [0.25, 0.3) is 21.9 Å². The van der Waals surface area contributed by atoms with Crippen molar-refractivity contribution in [3.05, 3.63) is 70.5 Å². The molecule has 0 saturated carbocycles. The Morgan fingerprint density at radius 1 is 1.04 bits per heavy atom. The topological polar surface area (TPSA) is 29.0 Å². The molecule has 26 heavy (non-hydrogen) atoms. The Morgan fingerprint density at radius 2 is 1.85 bits per heavy atom. The number of hydrogen-bond donors (Lipinski definition) is 0. The predicted octanol–water partition coefficient (Wildman–Crippen LogP) is 5.80. The summed E-state index contributed by atoms with van der Waals surface area (Å²) in [5.74, 6) is 0.691. The van der Waals surface area contributed by atoms with Crippen molar-refractivity contribution in [2.24, 2.45) is 0 Å². The van der Waals surface area contributed by atoms with Gasteiger partial charge in [-0.3, -0.25) is 0 Å². The van der Waals surface area contributed by atoms with Crippen molar-refractivity contribution in [3.8, 4) is 0 Å². The van der Waals surface area contributed by atoms with E-state index in [2.05, 4.69) is 77.8 Å². The van der Waals surface area contributed by atoms with E-state index in [0.717, 1.165) is 26.7 Å². The van der Waals surface area contributed by atoms with Crippen LogP contribution in [0.5, 0.6) is 0 Å². The second kappa shape index (κ2) is 5.27. The SMILES string of the molecule is C[N+]1=C(c2nc3c(ccc4ccccc43)o2)C(C)(C)c2cc(Br)ccc21. The number of halogens is 1. The number of fused-ring (bicyclic) bond motifs is 4. The molecular weight excluding hydrogens is 388 g/mol.